The van der Waals surface area contributed by atoms with E-state index in [1.54, 1.807) is 13.8 Å². The first kappa shape index (κ1) is 19.3. The number of β-amino-alcohol motifs (C(OH)–C–C–N with tert-alkyl or cyclic N) is 1. The molecule has 0 aliphatic carbocycles. The van der Waals surface area contributed by atoms with E-state index < -0.39 is 23.6 Å². The Morgan fingerprint density at radius 3 is 2.69 bits per heavy atom. The molecule has 8 heteroatoms. The average Bonchev–Trinajstić information content (AvgIpc) is 3.13. The fraction of sp³-hybridized carbons (Fsp3) is 0.429. The minimum Gasteiger partial charge on any atom is -0.391 e. The Morgan fingerprint density at radius 1 is 1.21 bits per heavy atom. The third-order valence-corrected chi connectivity index (χ3v) is 5.62. The molecule has 2 aromatic rings. The number of nitrogens with zero attached hydrogens (tertiary/aromatic N) is 3. The van der Waals surface area contributed by atoms with Crippen LogP contribution in [-0.4, -0.2) is 69.0 Å². The highest BCUT2D eigenvalue weighted by Crippen LogP contribution is 2.23. The van der Waals surface area contributed by atoms with Gasteiger partial charge in [0.15, 0.2) is 0 Å². The number of pyridine rings is 1. The molecule has 2 aliphatic heterocycles. The summed E-state index contributed by atoms with van der Waals surface area (Å²) in [7, 11) is 0. The number of aliphatic hydroxyl groups excluding tert-OH is 1. The van der Waals surface area contributed by atoms with E-state index >= 15 is 0 Å². The van der Waals surface area contributed by atoms with Crippen LogP contribution in [-0.2, 0) is 16.0 Å². The molecule has 0 radical (unpaired) electrons. The average molecular weight is 396 g/mol. The van der Waals surface area contributed by atoms with Crippen LogP contribution in [0.5, 0.6) is 0 Å². The molecule has 2 fully saturated rings. The molecule has 2 aliphatic rings. The second-order valence-corrected chi connectivity index (χ2v) is 8.27. The number of imide groups is 1. The van der Waals surface area contributed by atoms with Gasteiger partial charge in [-0.2, -0.15) is 0 Å². The maximum Gasteiger partial charge on any atom is 0.325 e. The molecule has 2 N–H and O–H groups in total. The lowest BCUT2D eigenvalue weighted by atomic mass is 9.99. The van der Waals surface area contributed by atoms with Gasteiger partial charge in [0.25, 0.3) is 5.91 Å². The largest absolute Gasteiger partial charge is 0.391 e. The Bertz CT molecular complexity index is 990. The molecule has 2 saturated heterocycles. The molecule has 4 amide bonds. The number of carbonyl (C=O) groups is 3. The van der Waals surface area contributed by atoms with Crippen molar-refractivity contribution in [3.63, 3.8) is 0 Å². The predicted molar refractivity (Wildman–Crippen MR) is 106 cm³/mol. The maximum absolute atomic E-state index is 12.6. The van der Waals surface area contributed by atoms with Crippen LogP contribution < -0.4 is 5.32 Å². The Kier molecular flexibility index (Phi) is 4.74. The van der Waals surface area contributed by atoms with Crippen LogP contribution in [0.1, 0.15) is 19.5 Å². The van der Waals surface area contributed by atoms with Crippen molar-refractivity contribution in [3.8, 4) is 0 Å². The van der Waals surface area contributed by atoms with Gasteiger partial charge in [0.1, 0.15) is 12.1 Å². The van der Waals surface area contributed by atoms with E-state index in [0.29, 0.717) is 13.0 Å². The first-order chi connectivity index (χ1) is 13.7. The highest BCUT2D eigenvalue weighted by atomic mass is 16.3. The Morgan fingerprint density at radius 2 is 1.97 bits per heavy atom. The summed E-state index contributed by atoms with van der Waals surface area (Å²) in [6, 6.07) is 11.2. The molecular weight excluding hydrogens is 372 g/mol. The predicted octanol–water partition coefficient (Wildman–Crippen LogP) is 0.927. The minimum atomic E-state index is -1.01. The van der Waals surface area contributed by atoms with Crippen molar-refractivity contribution in [1.29, 1.82) is 0 Å². The van der Waals surface area contributed by atoms with Crippen molar-refractivity contribution in [3.05, 3.63) is 42.1 Å². The van der Waals surface area contributed by atoms with E-state index in [2.05, 4.69) is 10.3 Å². The molecule has 0 spiro atoms. The van der Waals surface area contributed by atoms with Crippen molar-refractivity contribution in [2.45, 2.75) is 31.9 Å². The number of fused-ring (bicyclic) bond motifs is 1. The number of para-hydroxylation sites is 1. The van der Waals surface area contributed by atoms with Crippen molar-refractivity contribution < 1.29 is 19.5 Å². The van der Waals surface area contributed by atoms with Crippen molar-refractivity contribution >= 4 is 28.7 Å². The lowest BCUT2D eigenvalue weighted by Gasteiger charge is -2.20. The van der Waals surface area contributed by atoms with Crippen LogP contribution >= 0.6 is 0 Å². The Labute approximate surface area is 168 Å². The van der Waals surface area contributed by atoms with Crippen LogP contribution in [0.25, 0.3) is 10.9 Å². The number of likely N-dealkylation sites (tertiary alicyclic amines) is 1. The second kappa shape index (κ2) is 7.11. The van der Waals surface area contributed by atoms with E-state index in [-0.39, 0.29) is 24.9 Å². The van der Waals surface area contributed by atoms with Gasteiger partial charge < -0.3 is 15.3 Å². The summed E-state index contributed by atoms with van der Waals surface area (Å²) in [5, 5.41) is 14.1. The molecule has 152 valence electrons. The van der Waals surface area contributed by atoms with Crippen LogP contribution in [0.15, 0.2) is 36.4 Å². The normalized spacial score (nSPS) is 23.7. The molecule has 8 nitrogen and oxygen atoms in total. The van der Waals surface area contributed by atoms with Gasteiger partial charge in [-0.05, 0) is 32.4 Å². The number of urea groups is 1. The van der Waals surface area contributed by atoms with Gasteiger partial charge in [-0.3, -0.25) is 19.5 Å². The summed E-state index contributed by atoms with van der Waals surface area (Å²) in [5.41, 5.74) is 0.746. The summed E-state index contributed by atoms with van der Waals surface area (Å²) in [6.45, 7) is 3.43. The van der Waals surface area contributed by atoms with Crippen molar-refractivity contribution in [1.82, 2.24) is 20.1 Å². The molecule has 29 heavy (non-hydrogen) atoms. The third kappa shape index (κ3) is 3.67. The van der Waals surface area contributed by atoms with Gasteiger partial charge in [0.05, 0.1) is 11.6 Å². The van der Waals surface area contributed by atoms with Gasteiger partial charge >= 0.3 is 6.03 Å². The zero-order chi connectivity index (χ0) is 20.8. The topological polar surface area (TPSA) is 103 Å². The molecule has 1 aromatic heterocycles. The first-order valence-electron chi connectivity index (χ1n) is 9.69. The van der Waals surface area contributed by atoms with Gasteiger partial charge in [0, 0.05) is 30.1 Å². The van der Waals surface area contributed by atoms with E-state index in [1.807, 2.05) is 36.4 Å². The maximum atomic E-state index is 12.6. The van der Waals surface area contributed by atoms with Gasteiger partial charge in [-0.25, -0.2) is 4.79 Å². The van der Waals surface area contributed by atoms with Gasteiger partial charge in [-0.15, -0.1) is 0 Å². The quantitative estimate of drug-likeness (QED) is 0.749. The summed E-state index contributed by atoms with van der Waals surface area (Å²) in [6.07, 6.45) is -0.127. The number of benzene rings is 1. The van der Waals surface area contributed by atoms with Crippen molar-refractivity contribution in [2.24, 2.45) is 5.92 Å². The molecule has 1 aromatic carbocycles. The van der Waals surface area contributed by atoms with Gasteiger partial charge in [0.2, 0.25) is 5.91 Å². The lowest BCUT2D eigenvalue weighted by molar-refractivity contribution is -0.138. The number of aliphatic hydroxyl groups is 1. The SMILES string of the molecule is CC1(C)NC(=O)N(CC(=O)N2C[C@@H](Cc3ccc4ccccc4n3)[C@H](O)C2)C1=O. The molecule has 3 heterocycles. The number of carbonyl (C=O) groups excluding carboxylic acids is 3. The number of nitrogens with one attached hydrogen (secondary N) is 1. The van der Waals surface area contributed by atoms with Crippen LogP contribution in [0.2, 0.25) is 0 Å². The number of rotatable bonds is 4. The molecule has 0 unspecified atom stereocenters. The number of aromatic nitrogens is 1. The Balaban J connectivity index is 1.40. The molecular formula is C21H24N4O4. The monoisotopic (exact) mass is 396 g/mol. The minimum absolute atomic E-state index is 0.146. The lowest BCUT2D eigenvalue weighted by Crippen LogP contribution is -2.44. The summed E-state index contributed by atoms with van der Waals surface area (Å²) < 4.78 is 0. The molecule has 0 saturated carbocycles. The van der Waals surface area contributed by atoms with Crippen LogP contribution in [0.3, 0.4) is 0 Å². The number of hydrogen-bond donors (Lipinski definition) is 2. The highest BCUT2D eigenvalue weighted by molar-refractivity contribution is 6.08. The number of hydrogen-bond acceptors (Lipinski definition) is 5. The Hall–Kier alpha value is -3.00. The van der Waals surface area contributed by atoms with E-state index in [0.717, 1.165) is 21.5 Å². The number of amides is 4. The standard InChI is InChI=1S/C21H24N4O4/c1-21(2)19(28)25(20(29)23-21)12-18(27)24-10-14(17(26)11-24)9-15-8-7-13-5-3-4-6-16(13)22-15/h3-8,14,17,26H,9-12H2,1-2H3,(H,23,29)/t14-,17-/m1/s1. The zero-order valence-corrected chi connectivity index (χ0v) is 16.5. The fourth-order valence-electron chi connectivity index (χ4n) is 3.95. The van der Waals surface area contributed by atoms with Crippen LogP contribution in [0, 0.1) is 5.92 Å². The summed E-state index contributed by atoms with van der Waals surface area (Å²) in [5.74, 6) is -0.918. The van der Waals surface area contributed by atoms with Gasteiger partial charge in [-0.1, -0.05) is 24.3 Å². The fourth-order valence-corrected chi connectivity index (χ4v) is 3.95. The summed E-state index contributed by atoms with van der Waals surface area (Å²) in [4.78, 5) is 44.0. The highest BCUT2D eigenvalue weighted by Gasteiger charge is 2.46. The van der Waals surface area contributed by atoms with E-state index in [1.165, 1.54) is 4.90 Å². The molecule has 0 bridgehead atoms. The van der Waals surface area contributed by atoms with E-state index in [4.69, 9.17) is 0 Å². The van der Waals surface area contributed by atoms with Crippen molar-refractivity contribution in [2.75, 3.05) is 19.6 Å². The third-order valence-electron chi connectivity index (χ3n) is 5.62. The first-order valence-corrected chi connectivity index (χ1v) is 9.69. The smallest absolute Gasteiger partial charge is 0.325 e. The summed E-state index contributed by atoms with van der Waals surface area (Å²) >= 11 is 0. The zero-order valence-electron chi connectivity index (χ0n) is 16.5. The van der Waals surface area contributed by atoms with E-state index in [9.17, 15) is 19.5 Å². The second-order valence-electron chi connectivity index (χ2n) is 8.27. The molecule has 4 rings (SSSR count). The molecule has 2 atom stereocenters. The van der Waals surface area contributed by atoms with Crippen LogP contribution in [0.4, 0.5) is 4.79 Å².